The molecule has 2 rings (SSSR count). The Morgan fingerprint density at radius 3 is 2.68 bits per heavy atom. The third-order valence-corrected chi connectivity index (χ3v) is 3.77. The predicted octanol–water partition coefficient (Wildman–Crippen LogP) is 2.94. The molecule has 3 nitrogen and oxygen atoms in total. The van der Waals surface area contributed by atoms with E-state index in [1.807, 2.05) is 19.9 Å². The molecule has 1 aromatic heterocycles. The van der Waals surface area contributed by atoms with Gasteiger partial charge < -0.3 is 5.73 Å². The van der Waals surface area contributed by atoms with Crippen LogP contribution in [0.5, 0.6) is 0 Å². The number of hydrogen-bond acceptors (Lipinski definition) is 2. The van der Waals surface area contributed by atoms with Gasteiger partial charge in [-0.25, -0.2) is 4.39 Å². The first-order chi connectivity index (χ1) is 8.81. The predicted molar refractivity (Wildman–Crippen MR) is 74.6 cm³/mol. The Kier molecular flexibility index (Phi) is 3.65. The smallest absolute Gasteiger partial charge is 0.130 e. The minimum absolute atomic E-state index is 0.289. The van der Waals surface area contributed by atoms with E-state index in [9.17, 15) is 4.39 Å². The van der Waals surface area contributed by atoms with Gasteiger partial charge in [0.05, 0.1) is 5.69 Å². The van der Waals surface area contributed by atoms with E-state index in [1.165, 1.54) is 12.1 Å². The zero-order chi connectivity index (χ0) is 14.2. The Morgan fingerprint density at radius 1 is 1.47 bits per heavy atom. The van der Waals surface area contributed by atoms with Gasteiger partial charge in [-0.1, -0.05) is 23.7 Å². The molecule has 0 radical (unpaired) electrons. The van der Waals surface area contributed by atoms with Crippen LogP contribution in [-0.2, 0) is 19.0 Å². The average Bonchev–Trinajstić information content (AvgIpc) is 2.56. The zero-order valence-corrected chi connectivity index (χ0v) is 12.0. The van der Waals surface area contributed by atoms with Crippen LogP contribution in [0.3, 0.4) is 0 Å². The number of aryl methyl sites for hydroxylation is 2. The molecule has 1 heterocycles. The van der Waals surface area contributed by atoms with Crippen molar-refractivity contribution in [2.75, 3.05) is 0 Å². The first-order valence-electron chi connectivity index (χ1n) is 6.04. The normalized spacial score (nSPS) is 14.4. The van der Waals surface area contributed by atoms with Crippen molar-refractivity contribution < 1.29 is 4.39 Å². The third-order valence-electron chi connectivity index (χ3n) is 3.30. The van der Waals surface area contributed by atoms with E-state index in [0.717, 1.165) is 16.8 Å². The number of nitrogens with two attached hydrogens (primary N) is 1. The maximum atomic E-state index is 13.3. The number of nitrogens with zero attached hydrogens (tertiary/aromatic N) is 2. The molecule has 19 heavy (non-hydrogen) atoms. The summed E-state index contributed by atoms with van der Waals surface area (Å²) in [5.41, 5.74) is 8.12. The van der Waals surface area contributed by atoms with Gasteiger partial charge in [0, 0.05) is 18.2 Å². The van der Waals surface area contributed by atoms with Crippen LogP contribution in [0.25, 0.3) is 0 Å². The van der Waals surface area contributed by atoms with Crippen LogP contribution in [0, 0.1) is 12.7 Å². The SMILES string of the molecule is Cc1nn(C)c(Cl)c1CC(C)(N)c1cccc(F)c1. The Hall–Kier alpha value is -1.39. The van der Waals surface area contributed by atoms with Crippen LogP contribution in [-0.4, -0.2) is 9.78 Å². The number of halogens is 2. The summed E-state index contributed by atoms with van der Waals surface area (Å²) >= 11 is 6.21. The monoisotopic (exact) mass is 281 g/mol. The lowest BCUT2D eigenvalue weighted by atomic mass is 9.87. The van der Waals surface area contributed by atoms with Crippen LogP contribution >= 0.6 is 11.6 Å². The van der Waals surface area contributed by atoms with Gasteiger partial charge in [0.1, 0.15) is 11.0 Å². The molecule has 0 aliphatic heterocycles. The lowest BCUT2D eigenvalue weighted by Crippen LogP contribution is -2.35. The second kappa shape index (κ2) is 4.94. The van der Waals surface area contributed by atoms with Crippen LogP contribution in [0.4, 0.5) is 4.39 Å². The second-order valence-electron chi connectivity index (χ2n) is 5.08. The van der Waals surface area contributed by atoms with Crippen molar-refractivity contribution in [3.63, 3.8) is 0 Å². The highest BCUT2D eigenvalue weighted by Crippen LogP contribution is 2.28. The van der Waals surface area contributed by atoms with Gasteiger partial charge in [0.15, 0.2) is 0 Å². The summed E-state index contributed by atoms with van der Waals surface area (Å²) in [4.78, 5) is 0. The maximum Gasteiger partial charge on any atom is 0.130 e. The zero-order valence-electron chi connectivity index (χ0n) is 11.2. The fourth-order valence-electron chi connectivity index (χ4n) is 2.19. The van der Waals surface area contributed by atoms with Crippen molar-refractivity contribution in [1.82, 2.24) is 9.78 Å². The van der Waals surface area contributed by atoms with Gasteiger partial charge in [-0.3, -0.25) is 4.68 Å². The molecular weight excluding hydrogens is 265 g/mol. The Balaban J connectivity index is 2.36. The van der Waals surface area contributed by atoms with Crippen molar-refractivity contribution in [3.8, 4) is 0 Å². The van der Waals surface area contributed by atoms with E-state index in [-0.39, 0.29) is 5.82 Å². The van der Waals surface area contributed by atoms with Gasteiger partial charge in [0.2, 0.25) is 0 Å². The molecule has 1 unspecified atom stereocenters. The summed E-state index contributed by atoms with van der Waals surface area (Å²) in [6.45, 7) is 3.76. The molecule has 2 N–H and O–H groups in total. The van der Waals surface area contributed by atoms with Gasteiger partial charge in [-0.2, -0.15) is 5.10 Å². The van der Waals surface area contributed by atoms with E-state index < -0.39 is 5.54 Å². The van der Waals surface area contributed by atoms with Crippen LogP contribution in [0.2, 0.25) is 5.15 Å². The molecule has 0 aliphatic rings. The minimum Gasteiger partial charge on any atom is -0.321 e. The molecule has 0 fully saturated rings. The van der Waals surface area contributed by atoms with Crippen molar-refractivity contribution in [1.29, 1.82) is 0 Å². The molecule has 1 atom stereocenters. The Bertz CT molecular complexity index is 605. The van der Waals surface area contributed by atoms with Crippen molar-refractivity contribution in [2.24, 2.45) is 12.8 Å². The first kappa shape index (κ1) is 14.0. The lowest BCUT2D eigenvalue weighted by Gasteiger charge is -2.25. The number of benzene rings is 1. The molecule has 0 aliphatic carbocycles. The van der Waals surface area contributed by atoms with E-state index in [1.54, 1.807) is 17.8 Å². The Morgan fingerprint density at radius 2 is 2.16 bits per heavy atom. The molecule has 0 saturated carbocycles. The molecule has 0 spiro atoms. The van der Waals surface area contributed by atoms with Crippen LogP contribution in [0.15, 0.2) is 24.3 Å². The van der Waals surface area contributed by atoms with E-state index in [2.05, 4.69) is 5.10 Å². The molecule has 0 saturated heterocycles. The minimum atomic E-state index is -0.695. The van der Waals surface area contributed by atoms with E-state index in [0.29, 0.717) is 11.6 Å². The number of hydrogen-bond donors (Lipinski definition) is 1. The molecular formula is C14H17ClFN3. The van der Waals surface area contributed by atoms with Gasteiger partial charge in [-0.15, -0.1) is 0 Å². The van der Waals surface area contributed by atoms with Crippen LogP contribution < -0.4 is 5.73 Å². The molecule has 102 valence electrons. The summed E-state index contributed by atoms with van der Waals surface area (Å²) in [5.74, 6) is -0.289. The summed E-state index contributed by atoms with van der Waals surface area (Å²) in [7, 11) is 1.79. The number of rotatable bonds is 3. The van der Waals surface area contributed by atoms with Crippen molar-refractivity contribution in [2.45, 2.75) is 25.8 Å². The van der Waals surface area contributed by atoms with Crippen molar-refractivity contribution in [3.05, 3.63) is 52.1 Å². The summed E-state index contributed by atoms with van der Waals surface area (Å²) in [6.07, 6.45) is 0.509. The molecule has 0 bridgehead atoms. The molecule has 1 aromatic carbocycles. The van der Waals surface area contributed by atoms with Gasteiger partial charge in [-0.05, 0) is 38.0 Å². The maximum absolute atomic E-state index is 13.3. The molecule has 5 heteroatoms. The topological polar surface area (TPSA) is 43.8 Å². The first-order valence-corrected chi connectivity index (χ1v) is 6.42. The van der Waals surface area contributed by atoms with E-state index >= 15 is 0 Å². The largest absolute Gasteiger partial charge is 0.321 e. The highest BCUT2D eigenvalue weighted by molar-refractivity contribution is 6.30. The summed E-state index contributed by atoms with van der Waals surface area (Å²) in [5, 5.41) is 4.84. The summed E-state index contributed by atoms with van der Waals surface area (Å²) in [6, 6.07) is 6.34. The van der Waals surface area contributed by atoms with Gasteiger partial charge >= 0.3 is 0 Å². The van der Waals surface area contributed by atoms with Crippen molar-refractivity contribution >= 4 is 11.6 Å². The molecule has 0 amide bonds. The quantitative estimate of drug-likeness (QED) is 0.940. The van der Waals surface area contributed by atoms with E-state index in [4.69, 9.17) is 17.3 Å². The van der Waals surface area contributed by atoms with Crippen LogP contribution in [0.1, 0.15) is 23.7 Å². The third kappa shape index (κ3) is 2.80. The standard InChI is InChI=1S/C14H17ClFN3/c1-9-12(13(15)19(3)18-9)8-14(2,17)10-5-4-6-11(16)7-10/h4-7H,8,17H2,1-3H3. The Labute approximate surface area is 117 Å². The highest BCUT2D eigenvalue weighted by atomic mass is 35.5. The van der Waals surface area contributed by atoms with Gasteiger partial charge in [0.25, 0.3) is 0 Å². The fraction of sp³-hybridized carbons (Fsp3) is 0.357. The highest BCUT2D eigenvalue weighted by Gasteiger charge is 2.26. The average molecular weight is 282 g/mol. The fourth-order valence-corrected chi connectivity index (χ4v) is 2.43. The second-order valence-corrected chi connectivity index (χ2v) is 5.44. The number of aromatic nitrogens is 2. The lowest BCUT2D eigenvalue weighted by molar-refractivity contribution is 0.485. The molecule has 2 aromatic rings. The summed E-state index contributed by atoms with van der Waals surface area (Å²) < 4.78 is 14.9.